The lowest BCUT2D eigenvalue weighted by atomic mass is 10.0. The highest BCUT2D eigenvalue weighted by atomic mass is 16.2. The van der Waals surface area contributed by atoms with E-state index in [2.05, 4.69) is 20.6 Å². The highest BCUT2D eigenvalue weighted by molar-refractivity contribution is 6.05. The second-order valence-corrected chi connectivity index (χ2v) is 9.08. The fraction of sp³-hybridized carbons (Fsp3) is 0.179. The fourth-order valence-corrected chi connectivity index (χ4v) is 4.96. The van der Waals surface area contributed by atoms with Gasteiger partial charge in [-0.3, -0.25) is 24.2 Å². The fourth-order valence-electron chi connectivity index (χ4n) is 4.96. The van der Waals surface area contributed by atoms with E-state index >= 15 is 0 Å². The number of fused-ring (bicyclic) bond motifs is 4. The van der Waals surface area contributed by atoms with E-state index in [0.717, 1.165) is 44.4 Å². The van der Waals surface area contributed by atoms with Gasteiger partial charge in [-0.15, -0.1) is 0 Å². The smallest absolute Gasteiger partial charge is 0.333 e. The second-order valence-electron chi connectivity index (χ2n) is 9.08. The van der Waals surface area contributed by atoms with E-state index in [4.69, 9.17) is 0 Å². The van der Waals surface area contributed by atoms with E-state index in [9.17, 15) is 14.4 Å². The number of benzene rings is 2. The molecule has 0 saturated heterocycles. The first-order valence-corrected chi connectivity index (χ1v) is 12.1. The van der Waals surface area contributed by atoms with Crippen LogP contribution in [0.1, 0.15) is 29.3 Å². The summed E-state index contributed by atoms with van der Waals surface area (Å²) >= 11 is 0. The van der Waals surface area contributed by atoms with E-state index in [1.165, 1.54) is 0 Å². The minimum Gasteiger partial charge on any atom is -0.338 e. The highest BCUT2D eigenvalue weighted by Gasteiger charge is 2.22. The predicted octanol–water partition coefficient (Wildman–Crippen LogP) is 4.21. The molecule has 2 aromatic carbocycles. The van der Waals surface area contributed by atoms with E-state index in [1.54, 1.807) is 34.6 Å². The van der Waals surface area contributed by atoms with Crippen LogP contribution in [-0.2, 0) is 13.5 Å². The third-order valence-corrected chi connectivity index (χ3v) is 6.83. The quantitative estimate of drug-likeness (QED) is 0.390. The van der Waals surface area contributed by atoms with Crippen molar-refractivity contribution in [1.82, 2.24) is 24.4 Å². The molecule has 2 amide bonds. The predicted molar refractivity (Wildman–Crippen MR) is 142 cm³/mol. The number of amides is 2. The van der Waals surface area contributed by atoms with E-state index in [1.807, 2.05) is 49.4 Å². The minimum atomic E-state index is -0.306. The normalized spacial score (nSPS) is 12.8. The topological polar surface area (TPSA) is 111 Å². The zero-order valence-electron chi connectivity index (χ0n) is 20.4. The SMILES string of the molecule is CCNC(=O)Nc1ccc(-c2ccc3ncc4c(c3c2)n(-c2ccc3c(c2)CCC3=O)c(=O)n4C)cn1. The number of nitrogens with zero attached hydrogens (tertiary/aromatic N) is 4. The number of carbonyl (C=O) groups is 2. The lowest BCUT2D eigenvalue weighted by Crippen LogP contribution is -2.28. The largest absolute Gasteiger partial charge is 0.338 e. The molecule has 9 nitrogen and oxygen atoms in total. The van der Waals surface area contributed by atoms with Crippen LogP contribution < -0.4 is 16.3 Å². The van der Waals surface area contributed by atoms with Crippen molar-refractivity contribution < 1.29 is 9.59 Å². The third kappa shape index (κ3) is 3.76. The van der Waals surface area contributed by atoms with Crippen molar-refractivity contribution in [3.8, 4) is 16.8 Å². The average molecular weight is 493 g/mol. The van der Waals surface area contributed by atoms with Gasteiger partial charge in [0.25, 0.3) is 0 Å². The molecular weight excluding hydrogens is 468 g/mol. The molecular formula is C28H24N6O3. The van der Waals surface area contributed by atoms with Gasteiger partial charge in [-0.1, -0.05) is 6.07 Å². The molecule has 6 rings (SSSR count). The van der Waals surface area contributed by atoms with Crippen LogP contribution in [0.2, 0.25) is 0 Å². The van der Waals surface area contributed by atoms with Gasteiger partial charge in [0.15, 0.2) is 5.78 Å². The van der Waals surface area contributed by atoms with E-state index in [-0.39, 0.29) is 17.5 Å². The Morgan fingerprint density at radius 3 is 2.59 bits per heavy atom. The molecule has 0 aliphatic heterocycles. The molecule has 5 aromatic rings. The number of hydrogen-bond acceptors (Lipinski definition) is 5. The number of rotatable bonds is 4. The van der Waals surface area contributed by atoms with Gasteiger partial charge in [0.05, 0.1) is 28.4 Å². The molecule has 3 aromatic heterocycles. The Morgan fingerprint density at radius 2 is 1.81 bits per heavy atom. The number of carbonyl (C=O) groups excluding carboxylic acids is 2. The van der Waals surface area contributed by atoms with Gasteiger partial charge < -0.3 is 5.32 Å². The number of imidazole rings is 1. The van der Waals surface area contributed by atoms with Gasteiger partial charge in [-0.05, 0) is 66.9 Å². The van der Waals surface area contributed by atoms with Gasteiger partial charge in [0.2, 0.25) is 0 Å². The van der Waals surface area contributed by atoms with Crippen LogP contribution >= 0.6 is 0 Å². The molecule has 3 heterocycles. The molecule has 1 aliphatic rings. The van der Waals surface area contributed by atoms with Crippen molar-refractivity contribution in [2.45, 2.75) is 19.8 Å². The van der Waals surface area contributed by atoms with Crippen LogP contribution in [0.3, 0.4) is 0 Å². The summed E-state index contributed by atoms with van der Waals surface area (Å²) in [5.41, 5.74) is 6.25. The first-order valence-electron chi connectivity index (χ1n) is 12.1. The molecule has 184 valence electrons. The highest BCUT2D eigenvalue weighted by Crippen LogP contribution is 2.31. The van der Waals surface area contributed by atoms with Crippen LogP contribution in [0.4, 0.5) is 10.6 Å². The molecule has 0 bridgehead atoms. The van der Waals surface area contributed by atoms with Crippen LogP contribution in [0.5, 0.6) is 0 Å². The Kier molecular flexibility index (Phi) is 5.33. The monoisotopic (exact) mass is 492 g/mol. The van der Waals surface area contributed by atoms with Gasteiger partial charge in [0.1, 0.15) is 5.82 Å². The Morgan fingerprint density at radius 1 is 0.973 bits per heavy atom. The Hall–Kier alpha value is -4.79. The molecule has 0 radical (unpaired) electrons. The van der Waals surface area contributed by atoms with Crippen molar-refractivity contribution in [1.29, 1.82) is 0 Å². The van der Waals surface area contributed by atoms with Crippen LogP contribution in [0, 0.1) is 0 Å². The lowest BCUT2D eigenvalue weighted by Gasteiger charge is -2.10. The van der Waals surface area contributed by atoms with Gasteiger partial charge in [-0.2, -0.15) is 0 Å². The van der Waals surface area contributed by atoms with Crippen LogP contribution in [0.25, 0.3) is 38.8 Å². The first-order chi connectivity index (χ1) is 17.9. The number of aromatic nitrogens is 4. The molecule has 0 atom stereocenters. The van der Waals surface area contributed by atoms with Crippen molar-refractivity contribution in [2.75, 3.05) is 11.9 Å². The number of hydrogen-bond donors (Lipinski definition) is 2. The van der Waals surface area contributed by atoms with E-state index < -0.39 is 0 Å². The maximum absolute atomic E-state index is 13.4. The Bertz CT molecular complexity index is 1780. The number of Topliss-reactive ketones (excluding diaryl/α,β-unsaturated/α-hetero) is 1. The van der Waals surface area contributed by atoms with Crippen molar-refractivity contribution in [3.63, 3.8) is 0 Å². The summed E-state index contributed by atoms with van der Waals surface area (Å²) in [7, 11) is 1.74. The van der Waals surface area contributed by atoms with Crippen LogP contribution in [-0.4, -0.2) is 37.5 Å². The molecule has 37 heavy (non-hydrogen) atoms. The van der Waals surface area contributed by atoms with Gasteiger partial charge >= 0.3 is 11.7 Å². The summed E-state index contributed by atoms with van der Waals surface area (Å²) in [6.07, 6.45) is 4.61. The molecule has 9 heteroatoms. The molecule has 0 spiro atoms. The zero-order chi connectivity index (χ0) is 25.7. The molecule has 1 aliphatic carbocycles. The number of aryl methyl sites for hydroxylation is 2. The van der Waals surface area contributed by atoms with Crippen LogP contribution in [0.15, 0.2) is 65.7 Å². The molecule has 0 unspecified atom stereocenters. The standard InChI is InChI=1S/C28H24N6O3/c1-3-29-27(36)32-25-11-6-18(14-31-25)16-4-9-22-21(13-16)26-23(15-30-22)33(2)28(37)34(26)19-7-8-20-17(12-19)5-10-24(20)35/h4,6-9,11-15H,3,5,10H2,1-2H3,(H2,29,31,32,36). The van der Waals surface area contributed by atoms with Gasteiger partial charge in [-0.25, -0.2) is 14.6 Å². The van der Waals surface area contributed by atoms with E-state index in [0.29, 0.717) is 30.7 Å². The second kappa shape index (κ2) is 8.70. The maximum atomic E-state index is 13.4. The summed E-state index contributed by atoms with van der Waals surface area (Å²) in [4.78, 5) is 46.3. The van der Waals surface area contributed by atoms with Crippen molar-refractivity contribution in [2.24, 2.45) is 7.05 Å². The minimum absolute atomic E-state index is 0.145. The Labute approximate surface area is 211 Å². The summed E-state index contributed by atoms with van der Waals surface area (Å²) < 4.78 is 3.29. The number of ketones is 1. The number of nitrogens with one attached hydrogen (secondary N) is 2. The summed E-state index contributed by atoms with van der Waals surface area (Å²) in [6, 6.07) is 14.8. The van der Waals surface area contributed by atoms with Crippen molar-refractivity contribution >= 4 is 39.6 Å². The average Bonchev–Trinajstić information content (AvgIpc) is 3.40. The maximum Gasteiger partial charge on any atom is 0.333 e. The summed E-state index contributed by atoms with van der Waals surface area (Å²) in [5, 5.41) is 6.20. The first kappa shape index (κ1) is 22.7. The van der Waals surface area contributed by atoms with Crippen molar-refractivity contribution in [3.05, 3.63) is 82.5 Å². The lowest BCUT2D eigenvalue weighted by molar-refractivity contribution is 0.0994. The Balaban J connectivity index is 1.49. The molecule has 2 N–H and O–H groups in total. The summed E-state index contributed by atoms with van der Waals surface area (Å²) in [6.45, 7) is 2.37. The third-order valence-electron chi connectivity index (χ3n) is 6.83. The number of pyridine rings is 2. The zero-order valence-corrected chi connectivity index (χ0v) is 20.4. The number of urea groups is 1. The van der Waals surface area contributed by atoms with Gasteiger partial charge in [0, 0.05) is 42.7 Å². The summed E-state index contributed by atoms with van der Waals surface area (Å²) in [5.74, 6) is 0.596. The number of anilines is 1. The molecule has 0 fully saturated rings. The molecule has 0 saturated carbocycles.